The molecule has 2 heteroatoms. The Morgan fingerprint density at radius 1 is 1.42 bits per heavy atom. The first-order valence-electron chi connectivity index (χ1n) is 4.56. The van der Waals surface area contributed by atoms with Gasteiger partial charge in [-0.05, 0) is 36.4 Å². The molecule has 0 saturated heterocycles. The Hall–Kier alpha value is -0.340. The standard InChI is InChI=1S/C10H17NS/c1-4-10-8(3)12-7-9(10)6-11-5-2/h7,11H,4-6H2,1-3H3. The van der Waals surface area contributed by atoms with Crippen LogP contribution in [-0.4, -0.2) is 6.54 Å². The highest BCUT2D eigenvalue weighted by Crippen LogP contribution is 2.21. The first-order valence-corrected chi connectivity index (χ1v) is 5.44. The third kappa shape index (κ3) is 2.08. The molecule has 0 bridgehead atoms. The van der Waals surface area contributed by atoms with Crippen molar-refractivity contribution >= 4 is 11.3 Å². The molecule has 0 aliphatic carbocycles. The number of rotatable bonds is 4. The second kappa shape index (κ2) is 4.63. The lowest BCUT2D eigenvalue weighted by Gasteiger charge is -2.02. The van der Waals surface area contributed by atoms with Crippen LogP contribution in [0.1, 0.15) is 29.9 Å². The van der Waals surface area contributed by atoms with Gasteiger partial charge in [-0.3, -0.25) is 0 Å². The Morgan fingerprint density at radius 2 is 2.17 bits per heavy atom. The maximum absolute atomic E-state index is 3.36. The molecule has 12 heavy (non-hydrogen) atoms. The van der Waals surface area contributed by atoms with Gasteiger partial charge in [-0.15, -0.1) is 11.3 Å². The third-order valence-electron chi connectivity index (χ3n) is 2.11. The van der Waals surface area contributed by atoms with Gasteiger partial charge in [-0.2, -0.15) is 0 Å². The molecular formula is C10H17NS. The van der Waals surface area contributed by atoms with Gasteiger partial charge >= 0.3 is 0 Å². The van der Waals surface area contributed by atoms with Crippen LogP contribution in [0.2, 0.25) is 0 Å². The van der Waals surface area contributed by atoms with Gasteiger partial charge in [0.2, 0.25) is 0 Å². The summed E-state index contributed by atoms with van der Waals surface area (Å²) in [6.07, 6.45) is 1.16. The average Bonchev–Trinajstić information content (AvgIpc) is 2.43. The predicted octanol–water partition coefficient (Wildman–Crippen LogP) is 2.73. The lowest BCUT2D eigenvalue weighted by atomic mass is 10.1. The van der Waals surface area contributed by atoms with E-state index in [-0.39, 0.29) is 0 Å². The molecule has 0 fully saturated rings. The van der Waals surface area contributed by atoms with E-state index in [1.54, 1.807) is 5.56 Å². The number of thiophene rings is 1. The summed E-state index contributed by atoms with van der Waals surface area (Å²) >= 11 is 1.87. The van der Waals surface area contributed by atoms with Crippen LogP contribution in [0.5, 0.6) is 0 Å². The van der Waals surface area contributed by atoms with Crippen molar-refractivity contribution in [1.29, 1.82) is 0 Å². The minimum atomic E-state index is 1.03. The van der Waals surface area contributed by atoms with Gasteiger partial charge in [-0.1, -0.05) is 13.8 Å². The smallest absolute Gasteiger partial charge is 0.0216 e. The zero-order valence-corrected chi connectivity index (χ0v) is 8.92. The van der Waals surface area contributed by atoms with Gasteiger partial charge in [-0.25, -0.2) is 0 Å². The van der Waals surface area contributed by atoms with Crippen molar-refractivity contribution in [3.05, 3.63) is 21.4 Å². The van der Waals surface area contributed by atoms with E-state index in [1.165, 1.54) is 10.4 Å². The predicted molar refractivity (Wildman–Crippen MR) is 55.8 cm³/mol. The van der Waals surface area contributed by atoms with Crippen LogP contribution in [0.15, 0.2) is 5.38 Å². The molecule has 0 aliphatic rings. The summed E-state index contributed by atoms with van der Waals surface area (Å²) in [6, 6.07) is 0. The van der Waals surface area contributed by atoms with E-state index in [4.69, 9.17) is 0 Å². The topological polar surface area (TPSA) is 12.0 Å². The minimum absolute atomic E-state index is 1.03. The van der Waals surface area contributed by atoms with Gasteiger partial charge in [0.25, 0.3) is 0 Å². The number of aryl methyl sites for hydroxylation is 1. The fourth-order valence-electron chi connectivity index (χ4n) is 1.41. The van der Waals surface area contributed by atoms with Gasteiger partial charge in [0.05, 0.1) is 0 Å². The van der Waals surface area contributed by atoms with Crippen LogP contribution in [0, 0.1) is 6.92 Å². The van der Waals surface area contributed by atoms with E-state index in [2.05, 4.69) is 31.5 Å². The van der Waals surface area contributed by atoms with Crippen molar-refractivity contribution in [2.75, 3.05) is 6.54 Å². The van der Waals surface area contributed by atoms with Gasteiger partial charge in [0, 0.05) is 11.4 Å². The van der Waals surface area contributed by atoms with Crippen LogP contribution in [-0.2, 0) is 13.0 Å². The van der Waals surface area contributed by atoms with Crippen molar-refractivity contribution in [2.45, 2.75) is 33.7 Å². The second-order valence-electron chi connectivity index (χ2n) is 2.93. The lowest BCUT2D eigenvalue weighted by Crippen LogP contribution is -2.12. The Morgan fingerprint density at radius 3 is 2.75 bits per heavy atom. The molecule has 0 aromatic carbocycles. The molecule has 0 amide bonds. The Kier molecular flexibility index (Phi) is 3.76. The second-order valence-corrected chi connectivity index (χ2v) is 4.01. The molecule has 0 atom stereocenters. The first kappa shape index (κ1) is 9.75. The van der Waals surface area contributed by atoms with Crippen LogP contribution >= 0.6 is 11.3 Å². The van der Waals surface area contributed by atoms with Crippen LogP contribution < -0.4 is 5.32 Å². The molecule has 0 spiro atoms. The molecule has 0 radical (unpaired) electrons. The van der Waals surface area contributed by atoms with E-state index < -0.39 is 0 Å². The molecule has 0 unspecified atom stereocenters. The number of hydrogen-bond acceptors (Lipinski definition) is 2. The Labute approximate surface area is 78.8 Å². The number of hydrogen-bond donors (Lipinski definition) is 1. The highest BCUT2D eigenvalue weighted by molar-refractivity contribution is 7.10. The van der Waals surface area contributed by atoms with E-state index in [0.29, 0.717) is 0 Å². The van der Waals surface area contributed by atoms with E-state index >= 15 is 0 Å². The fourth-order valence-corrected chi connectivity index (χ4v) is 2.37. The van der Waals surface area contributed by atoms with Gasteiger partial charge < -0.3 is 5.32 Å². The van der Waals surface area contributed by atoms with E-state index in [9.17, 15) is 0 Å². The lowest BCUT2D eigenvalue weighted by molar-refractivity contribution is 0.722. The number of nitrogens with one attached hydrogen (secondary N) is 1. The Bertz CT molecular complexity index is 240. The summed E-state index contributed by atoms with van der Waals surface area (Å²) in [4.78, 5) is 1.48. The molecule has 68 valence electrons. The summed E-state index contributed by atoms with van der Waals surface area (Å²) in [5.74, 6) is 0. The highest BCUT2D eigenvalue weighted by atomic mass is 32.1. The van der Waals surface area contributed by atoms with Gasteiger partial charge in [0.15, 0.2) is 0 Å². The average molecular weight is 183 g/mol. The van der Waals surface area contributed by atoms with Crippen molar-refractivity contribution < 1.29 is 0 Å². The zero-order valence-electron chi connectivity index (χ0n) is 8.11. The molecule has 0 saturated carbocycles. The van der Waals surface area contributed by atoms with Gasteiger partial charge in [0.1, 0.15) is 0 Å². The minimum Gasteiger partial charge on any atom is -0.313 e. The zero-order chi connectivity index (χ0) is 8.97. The van der Waals surface area contributed by atoms with E-state index in [0.717, 1.165) is 19.5 Å². The summed E-state index contributed by atoms with van der Waals surface area (Å²) in [5.41, 5.74) is 3.03. The molecule has 1 aromatic heterocycles. The molecule has 0 aliphatic heterocycles. The van der Waals surface area contributed by atoms with Crippen molar-refractivity contribution in [3.63, 3.8) is 0 Å². The fraction of sp³-hybridized carbons (Fsp3) is 0.600. The maximum Gasteiger partial charge on any atom is 0.0216 e. The molecular weight excluding hydrogens is 166 g/mol. The monoisotopic (exact) mass is 183 g/mol. The third-order valence-corrected chi connectivity index (χ3v) is 3.11. The molecule has 1 heterocycles. The van der Waals surface area contributed by atoms with Crippen molar-refractivity contribution in [2.24, 2.45) is 0 Å². The maximum atomic E-state index is 3.36. The van der Waals surface area contributed by atoms with Crippen LogP contribution in [0.25, 0.3) is 0 Å². The van der Waals surface area contributed by atoms with Crippen molar-refractivity contribution in [1.82, 2.24) is 5.32 Å². The van der Waals surface area contributed by atoms with Crippen molar-refractivity contribution in [3.8, 4) is 0 Å². The van der Waals surface area contributed by atoms with E-state index in [1.807, 2.05) is 11.3 Å². The summed E-state index contributed by atoms with van der Waals surface area (Å²) in [6.45, 7) is 8.66. The quantitative estimate of drug-likeness (QED) is 0.757. The molecule has 1 aromatic rings. The van der Waals surface area contributed by atoms with Crippen LogP contribution in [0.4, 0.5) is 0 Å². The first-order chi connectivity index (χ1) is 5.79. The Balaban J connectivity index is 2.70. The highest BCUT2D eigenvalue weighted by Gasteiger charge is 2.04. The largest absolute Gasteiger partial charge is 0.313 e. The summed E-state index contributed by atoms with van der Waals surface area (Å²) in [7, 11) is 0. The normalized spacial score (nSPS) is 10.6. The summed E-state index contributed by atoms with van der Waals surface area (Å²) in [5, 5.41) is 5.63. The molecule has 1 N–H and O–H groups in total. The molecule has 1 rings (SSSR count). The summed E-state index contributed by atoms with van der Waals surface area (Å²) < 4.78 is 0. The SMILES string of the molecule is CCNCc1csc(C)c1CC. The molecule has 1 nitrogen and oxygen atoms in total. The van der Waals surface area contributed by atoms with Crippen LogP contribution in [0.3, 0.4) is 0 Å².